The molecule has 3 aliphatic rings. The van der Waals surface area contributed by atoms with E-state index in [4.69, 9.17) is 28.8 Å². The Kier molecular flexibility index (Phi) is 12.1. The van der Waals surface area contributed by atoms with Gasteiger partial charge in [-0.05, 0) is 0 Å². The molecule has 0 aliphatic carbocycles. The van der Waals surface area contributed by atoms with E-state index in [0.717, 1.165) is 6.92 Å². The first-order valence-corrected chi connectivity index (χ1v) is 13.2. The Morgan fingerprint density at radius 1 is 0.907 bits per heavy atom. The molecule has 250 valence electrons. The molecule has 3 heterocycles. The number of aliphatic hydroxyl groups is 11. The van der Waals surface area contributed by atoms with Crippen LogP contribution < -0.4 is 5.32 Å². The van der Waals surface area contributed by atoms with Gasteiger partial charge in [0.15, 0.2) is 12.6 Å². The number of carbonyl (C=O) groups excluding carboxylic acids is 1. The zero-order valence-electron chi connectivity index (χ0n) is 22.7. The Morgan fingerprint density at radius 3 is 2.02 bits per heavy atom. The maximum absolute atomic E-state index is 12.4. The van der Waals surface area contributed by atoms with Crippen LogP contribution in [0.1, 0.15) is 13.3 Å². The highest BCUT2D eigenvalue weighted by Crippen LogP contribution is 2.38. The SMILES string of the molecule is CC(=O)N[C@@H]1[C@@H](O[C@@H]2O[C@H](CO)[C@H](O)[C@H](O[C@]3(C(=O)O)C[C@H](O)[C@@H](O)[C@H]([C@H](O)[C@H](O)CO)O3)[C@H]2O)[C@@H](O)[C@@H](CO)O[C@H]1O. The van der Waals surface area contributed by atoms with Gasteiger partial charge < -0.3 is 90.3 Å². The molecule has 0 aromatic heterocycles. The summed E-state index contributed by atoms with van der Waals surface area (Å²) in [6, 6.07) is -1.52. The van der Waals surface area contributed by atoms with Crippen LogP contribution in [0, 0.1) is 0 Å². The van der Waals surface area contributed by atoms with E-state index in [1.165, 1.54) is 0 Å². The van der Waals surface area contributed by atoms with Gasteiger partial charge in [0.2, 0.25) is 5.91 Å². The first-order chi connectivity index (χ1) is 20.1. The third-order valence-electron chi connectivity index (χ3n) is 7.46. The van der Waals surface area contributed by atoms with Gasteiger partial charge in [-0.15, -0.1) is 0 Å². The third kappa shape index (κ3) is 7.41. The standard InChI is InChI=1S/C23H39NO19/c1-6(28)24-11-17(14(33)9(4-26)39-20(11)36)41-21-16(35)19(15(34)10(5-27)40-21)43-23(22(37)38)2-7(29)12(31)18(42-23)13(32)8(30)3-25/h7-21,25-27,29-36H,2-5H2,1H3,(H,24,28)(H,37,38)/t7-,8+,9+,10+,11+,12+,13+,14-,15-,16+,17+,18+,19-,20+,21-,23-/m0/s1. The van der Waals surface area contributed by atoms with E-state index in [2.05, 4.69) is 5.32 Å². The average molecular weight is 634 g/mol. The molecule has 3 rings (SSSR count). The van der Waals surface area contributed by atoms with E-state index in [-0.39, 0.29) is 0 Å². The normalized spacial score (nSPS) is 45.3. The van der Waals surface area contributed by atoms with Gasteiger partial charge in [0.1, 0.15) is 73.2 Å². The first kappa shape index (κ1) is 35.8. The molecule has 16 atom stereocenters. The number of hydrogen-bond acceptors (Lipinski definition) is 18. The number of hydrogen-bond donors (Lipinski definition) is 13. The second kappa shape index (κ2) is 14.6. The van der Waals surface area contributed by atoms with Crippen LogP contribution in [0.25, 0.3) is 0 Å². The molecule has 43 heavy (non-hydrogen) atoms. The molecule has 0 spiro atoms. The smallest absolute Gasteiger partial charge is 0.364 e. The van der Waals surface area contributed by atoms with Crippen molar-refractivity contribution >= 4 is 11.9 Å². The highest BCUT2D eigenvalue weighted by molar-refractivity contribution is 5.76. The van der Waals surface area contributed by atoms with Gasteiger partial charge in [-0.2, -0.15) is 0 Å². The summed E-state index contributed by atoms with van der Waals surface area (Å²) in [5.41, 5.74) is 0. The number of nitrogens with one attached hydrogen (secondary N) is 1. The van der Waals surface area contributed by atoms with Gasteiger partial charge in [-0.25, -0.2) is 4.79 Å². The summed E-state index contributed by atoms with van der Waals surface area (Å²) in [6.45, 7) is -1.80. The molecule has 3 fully saturated rings. The van der Waals surface area contributed by atoms with Crippen molar-refractivity contribution in [2.75, 3.05) is 19.8 Å². The minimum Gasteiger partial charge on any atom is -0.477 e. The summed E-state index contributed by atoms with van der Waals surface area (Å²) in [4.78, 5) is 24.1. The number of carboxylic acids is 1. The van der Waals surface area contributed by atoms with Crippen LogP contribution >= 0.6 is 0 Å². The van der Waals surface area contributed by atoms with Crippen LogP contribution in [-0.4, -0.2) is 191 Å². The zero-order valence-corrected chi connectivity index (χ0v) is 22.7. The van der Waals surface area contributed by atoms with Crippen molar-refractivity contribution in [3.05, 3.63) is 0 Å². The summed E-state index contributed by atoms with van der Waals surface area (Å²) in [7, 11) is 0. The first-order valence-electron chi connectivity index (χ1n) is 13.2. The third-order valence-corrected chi connectivity index (χ3v) is 7.46. The van der Waals surface area contributed by atoms with E-state index >= 15 is 0 Å². The van der Waals surface area contributed by atoms with E-state index in [1.807, 2.05) is 0 Å². The van der Waals surface area contributed by atoms with Gasteiger partial charge in [-0.3, -0.25) is 4.79 Å². The maximum atomic E-state index is 12.4. The van der Waals surface area contributed by atoms with Crippen molar-refractivity contribution in [3.63, 3.8) is 0 Å². The highest BCUT2D eigenvalue weighted by Gasteiger charge is 2.59. The Hall–Kier alpha value is -1.70. The van der Waals surface area contributed by atoms with Crippen molar-refractivity contribution in [1.29, 1.82) is 0 Å². The molecule has 0 saturated carbocycles. The van der Waals surface area contributed by atoms with Crippen LogP contribution in [0.2, 0.25) is 0 Å². The Labute approximate surface area is 243 Å². The Morgan fingerprint density at radius 2 is 1.49 bits per heavy atom. The summed E-state index contributed by atoms with van der Waals surface area (Å²) in [5.74, 6) is -5.74. The van der Waals surface area contributed by atoms with Crippen LogP contribution in [0.3, 0.4) is 0 Å². The topological polar surface area (TPSA) is 335 Å². The minimum absolute atomic E-state index is 0.715. The van der Waals surface area contributed by atoms with E-state index in [0.29, 0.717) is 0 Å². The largest absolute Gasteiger partial charge is 0.477 e. The molecule has 20 heteroatoms. The summed E-state index contributed by atoms with van der Waals surface area (Å²) >= 11 is 0. The molecular formula is C23H39NO19. The molecule has 0 bridgehead atoms. The van der Waals surface area contributed by atoms with Crippen molar-refractivity contribution in [1.82, 2.24) is 5.32 Å². The van der Waals surface area contributed by atoms with Gasteiger partial charge >= 0.3 is 5.97 Å². The van der Waals surface area contributed by atoms with Crippen LogP contribution in [0.5, 0.6) is 0 Å². The summed E-state index contributed by atoms with van der Waals surface area (Å²) in [6.07, 6.45) is -28.0. The second-order valence-corrected chi connectivity index (χ2v) is 10.5. The van der Waals surface area contributed by atoms with Gasteiger partial charge in [0.25, 0.3) is 5.79 Å². The number of carbonyl (C=O) groups is 2. The average Bonchev–Trinajstić information content (AvgIpc) is 2.96. The molecule has 0 aromatic rings. The number of carboxylic acid groups (broad SMARTS) is 1. The number of aliphatic hydroxyl groups excluding tert-OH is 11. The lowest BCUT2D eigenvalue weighted by atomic mass is 9.90. The number of amides is 1. The fourth-order valence-electron chi connectivity index (χ4n) is 5.13. The molecule has 1 amide bonds. The number of aliphatic carboxylic acids is 1. The molecule has 20 nitrogen and oxygen atoms in total. The predicted molar refractivity (Wildman–Crippen MR) is 130 cm³/mol. The number of rotatable bonds is 11. The lowest BCUT2D eigenvalue weighted by molar-refractivity contribution is -0.385. The summed E-state index contributed by atoms with van der Waals surface area (Å²) < 4.78 is 26.9. The van der Waals surface area contributed by atoms with Gasteiger partial charge in [-0.1, -0.05) is 0 Å². The van der Waals surface area contributed by atoms with Crippen molar-refractivity contribution in [3.8, 4) is 0 Å². The van der Waals surface area contributed by atoms with Crippen molar-refractivity contribution in [2.24, 2.45) is 0 Å². The molecule has 3 saturated heterocycles. The molecular weight excluding hydrogens is 594 g/mol. The Balaban J connectivity index is 1.94. The molecule has 13 N–H and O–H groups in total. The van der Waals surface area contributed by atoms with Gasteiger partial charge in [0.05, 0.1) is 25.9 Å². The van der Waals surface area contributed by atoms with E-state index in [1.54, 1.807) is 0 Å². The lowest BCUT2D eigenvalue weighted by Gasteiger charge is -2.50. The van der Waals surface area contributed by atoms with Crippen molar-refractivity contribution < 1.29 is 94.6 Å². The predicted octanol–water partition coefficient (Wildman–Crippen LogP) is -8.22. The van der Waals surface area contributed by atoms with Crippen LogP contribution in [0.4, 0.5) is 0 Å². The second-order valence-electron chi connectivity index (χ2n) is 10.5. The monoisotopic (exact) mass is 633 g/mol. The van der Waals surface area contributed by atoms with Crippen LogP contribution in [-0.2, 0) is 33.3 Å². The minimum atomic E-state index is -3.04. The summed E-state index contributed by atoms with van der Waals surface area (Å²) in [5, 5.41) is 125. The lowest BCUT2D eigenvalue weighted by Crippen LogP contribution is -2.70. The van der Waals surface area contributed by atoms with Gasteiger partial charge in [0, 0.05) is 13.3 Å². The maximum Gasteiger partial charge on any atom is 0.364 e. The zero-order chi connectivity index (χ0) is 32.4. The van der Waals surface area contributed by atoms with E-state index in [9.17, 15) is 65.8 Å². The highest BCUT2D eigenvalue weighted by atomic mass is 16.8. The molecule has 0 unspecified atom stereocenters. The van der Waals surface area contributed by atoms with E-state index < -0.39 is 136 Å². The number of ether oxygens (including phenoxy) is 5. The van der Waals surface area contributed by atoms with Crippen molar-refractivity contribution in [2.45, 2.75) is 111 Å². The molecule has 3 aliphatic heterocycles. The Bertz CT molecular complexity index is 944. The fourth-order valence-corrected chi connectivity index (χ4v) is 5.13. The molecule has 0 aromatic carbocycles. The fraction of sp³-hybridized carbons (Fsp3) is 0.913. The molecule has 0 radical (unpaired) electrons. The van der Waals surface area contributed by atoms with Crippen LogP contribution in [0.15, 0.2) is 0 Å². The quantitative estimate of drug-likeness (QED) is 0.100.